The van der Waals surface area contributed by atoms with Crippen molar-refractivity contribution in [2.45, 2.75) is 57.6 Å². The SMILES string of the molecule is CC(COC1CCOC1)NC(=NCC(=O)N(C)C)NCC1CCCCC1. The van der Waals surface area contributed by atoms with Crippen molar-refractivity contribution >= 4 is 11.9 Å². The molecule has 2 fully saturated rings. The van der Waals surface area contributed by atoms with Crippen molar-refractivity contribution in [1.82, 2.24) is 15.5 Å². The summed E-state index contributed by atoms with van der Waals surface area (Å²) in [5, 5.41) is 6.81. The highest BCUT2D eigenvalue weighted by Crippen LogP contribution is 2.22. The number of aliphatic imine (C=N–C) groups is 1. The van der Waals surface area contributed by atoms with E-state index in [1.54, 1.807) is 19.0 Å². The minimum Gasteiger partial charge on any atom is -0.379 e. The molecule has 2 N–H and O–H groups in total. The molecule has 26 heavy (non-hydrogen) atoms. The van der Waals surface area contributed by atoms with Gasteiger partial charge in [0.15, 0.2) is 5.96 Å². The molecule has 0 radical (unpaired) electrons. The fourth-order valence-electron chi connectivity index (χ4n) is 3.27. The third-order valence-electron chi connectivity index (χ3n) is 5.01. The number of amides is 1. The molecule has 2 rings (SSSR count). The molecule has 0 spiro atoms. The second-order valence-corrected chi connectivity index (χ2v) is 7.70. The van der Waals surface area contributed by atoms with Gasteiger partial charge in [-0.3, -0.25) is 4.79 Å². The first-order chi connectivity index (χ1) is 12.5. The number of guanidine groups is 1. The van der Waals surface area contributed by atoms with Gasteiger partial charge in [-0.05, 0) is 32.1 Å². The molecule has 150 valence electrons. The van der Waals surface area contributed by atoms with Crippen molar-refractivity contribution in [3.63, 3.8) is 0 Å². The number of carbonyl (C=O) groups is 1. The Hall–Kier alpha value is -1.34. The number of hydrogen-bond acceptors (Lipinski definition) is 4. The summed E-state index contributed by atoms with van der Waals surface area (Å²) in [4.78, 5) is 17.9. The molecule has 7 heteroatoms. The Morgan fingerprint density at radius 2 is 2.04 bits per heavy atom. The first-order valence-corrected chi connectivity index (χ1v) is 9.99. The molecular formula is C19H36N4O3. The maximum absolute atomic E-state index is 11.9. The largest absolute Gasteiger partial charge is 0.379 e. The van der Waals surface area contributed by atoms with Crippen molar-refractivity contribution in [2.75, 3.05) is 47.0 Å². The highest BCUT2D eigenvalue weighted by molar-refractivity contribution is 5.84. The van der Waals surface area contributed by atoms with Crippen LogP contribution in [0, 0.1) is 5.92 Å². The minimum absolute atomic E-state index is 0.00391. The van der Waals surface area contributed by atoms with E-state index in [1.165, 1.54) is 32.1 Å². The Labute approximate surface area is 157 Å². The first-order valence-electron chi connectivity index (χ1n) is 9.99. The summed E-state index contributed by atoms with van der Waals surface area (Å²) >= 11 is 0. The maximum atomic E-state index is 11.9. The third-order valence-corrected chi connectivity index (χ3v) is 5.01. The van der Waals surface area contributed by atoms with Crippen LogP contribution < -0.4 is 10.6 Å². The predicted molar refractivity (Wildman–Crippen MR) is 103 cm³/mol. The van der Waals surface area contributed by atoms with Gasteiger partial charge in [0.05, 0.1) is 19.3 Å². The van der Waals surface area contributed by atoms with E-state index >= 15 is 0 Å². The quantitative estimate of drug-likeness (QED) is 0.500. The summed E-state index contributed by atoms with van der Waals surface area (Å²) in [7, 11) is 3.50. The van der Waals surface area contributed by atoms with Gasteiger partial charge >= 0.3 is 0 Å². The van der Waals surface area contributed by atoms with Crippen molar-refractivity contribution in [3.05, 3.63) is 0 Å². The van der Waals surface area contributed by atoms with Crippen LogP contribution >= 0.6 is 0 Å². The lowest BCUT2D eigenvalue weighted by Crippen LogP contribution is -2.46. The number of carbonyl (C=O) groups excluding carboxylic acids is 1. The molecule has 1 saturated heterocycles. The van der Waals surface area contributed by atoms with Gasteiger partial charge in [0.1, 0.15) is 6.54 Å². The first kappa shape index (κ1) is 21.0. The lowest BCUT2D eigenvalue weighted by molar-refractivity contribution is -0.127. The maximum Gasteiger partial charge on any atom is 0.243 e. The Morgan fingerprint density at radius 1 is 1.27 bits per heavy atom. The summed E-state index contributed by atoms with van der Waals surface area (Å²) in [6.07, 6.45) is 7.70. The number of rotatable bonds is 8. The van der Waals surface area contributed by atoms with E-state index in [9.17, 15) is 4.79 Å². The molecule has 2 unspecified atom stereocenters. The Morgan fingerprint density at radius 3 is 2.69 bits per heavy atom. The zero-order valence-electron chi connectivity index (χ0n) is 16.6. The Kier molecular flexibility index (Phi) is 9.18. The number of nitrogens with one attached hydrogen (secondary N) is 2. The molecule has 0 aromatic rings. The van der Waals surface area contributed by atoms with Crippen molar-refractivity contribution in [2.24, 2.45) is 10.9 Å². The van der Waals surface area contributed by atoms with E-state index in [-0.39, 0.29) is 24.6 Å². The fourth-order valence-corrected chi connectivity index (χ4v) is 3.27. The number of likely N-dealkylation sites (N-methyl/N-ethyl adjacent to an activating group) is 1. The molecule has 2 atom stereocenters. The minimum atomic E-state index is -0.00391. The van der Waals surface area contributed by atoms with Crippen LogP contribution in [-0.4, -0.2) is 75.9 Å². The van der Waals surface area contributed by atoms with E-state index in [4.69, 9.17) is 9.47 Å². The van der Waals surface area contributed by atoms with Gasteiger partial charge in [0, 0.05) is 33.3 Å². The highest BCUT2D eigenvalue weighted by atomic mass is 16.5. The van der Waals surface area contributed by atoms with E-state index in [1.807, 2.05) is 0 Å². The van der Waals surface area contributed by atoms with Crippen molar-refractivity contribution < 1.29 is 14.3 Å². The lowest BCUT2D eigenvalue weighted by Gasteiger charge is -2.25. The number of nitrogens with zero attached hydrogens (tertiary/aromatic N) is 2. The molecule has 0 aromatic heterocycles. The smallest absolute Gasteiger partial charge is 0.243 e. The highest BCUT2D eigenvalue weighted by Gasteiger charge is 2.18. The van der Waals surface area contributed by atoms with Crippen LogP contribution in [-0.2, 0) is 14.3 Å². The summed E-state index contributed by atoms with van der Waals surface area (Å²) in [6.45, 7) is 5.20. The topological polar surface area (TPSA) is 75.2 Å². The zero-order chi connectivity index (χ0) is 18.8. The van der Waals surface area contributed by atoms with E-state index in [0.29, 0.717) is 25.1 Å². The van der Waals surface area contributed by atoms with Gasteiger partial charge in [0.2, 0.25) is 5.91 Å². The second-order valence-electron chi connectivity index (χ2n) is 7.70. The molecule has 1 amide bonds. The van der Waals surface area contributed by atoms with Crippen LogP contribution in [0.25, 0.3) is 0 Å². The van der Waals surface area contributed by atoms with Gasteiger partial charge in [0.25, 0.3) is 0 Å². The third kappa shape index (κ3) is 7.91. The van der Waals surface area contributed by atoms with E-state index < -0.39 is 0 Å². The van der Waals surface area contributed by atoms with Crippen LogP contribution in [0.2, 0.25) is 0 Å². The summed E-state index contributed by atoms with van der Waals surface area (Å²) in [5.74, 6) is 1.39. The Bertz CT molecular complexity index is 444. The number of ether oxygens (including phenoxy) is 2. The normalized spacial score (nSPS) is 22.9. The molecule has 0 aromatic carbocycles. The van der Waals surface area contributed by atoms with Crippen molar-refractivity contribution in [3.8, 4) is 0 Å². The van der Waals surface area contributed by atoms with Gasteiger partial charge in [-0.15, -0.1) is 0 Å². The summed E-state index contributed by atoms with van der Waals surface area (Å²) in [5.41, 5.74) is 0. The van der Waals surface area contributed by atoms with Gasteiger partial charge in [-0.1, -0.05) is 19.3 Å². The molecule has 1 aliphatic carbocycles. The molecule has 7 nitrogen and oxygen atoms in total. The van der Waals surface area contributed by atoms with E-state index in [0.717, 1.165) is 19.6 Å². The van der Waals surface area contributed by atoms with Crippen molar-refractivity contribution in [1.29, 1.82) is 0 Å². The predicted octanol–water partition coefficient (Wildman–Crippen LogP) is 1.38. The fraction of sp³-hybridized carbons (Fsp3) is 0.895. The number of hydrogen-bond donors (Lipinski definition) is 2. The van der Waals surface area contributed by atoms with Gasteiger partial charge in [-0.2, -0.15) is 0 Å². The Balaban J connectivity index is 1.81. The molecular weight excluding hydrogens is 332 g/mol. The summed E-state index contributed by atoms with van der Waals surface area (Å²) < 4.78 is 11.2. The average Bonchev–Trinajstić information content (AvgIpc) is 3.16. The average molecular weight is 369 g/mol. The molecule has 2 aliphatic rings. The van der Waals surface area contributed by atoms with Gasteiger partial charge in [-0.25, -0.2) is 4.99 Å². The molecule has 1 aliphatic heterocycles. The lowest BCUT2D eigenvalue weighted by atomic mass is 9.89. The van der Waals surface area contributed by atoms with Crippen LogP contribution in [0.1, 0.15) is 45.4 Å². The zero-order valence-corrected chi connectivity index (χ0v) is 16.6. The monoisotopic (exact) mass is 368 g/mol. The van der Waals surface area contributed by atoms with Gasteiger partial charge < -0.3 is 25.0 Å². The second kappa shape index (κ2) is 11.4. The van der Waals surface area contributed by atoms with Crippen LogP contribution in [0.5, 0.6) is 0 Å². The summed E-state index contributed by atoms with van der Waals surface area (Å²) in [6, 6.07) is 0.114. The molecule has 1 heterocycles. The van der Waals surface area contributed by atoms with Crippen LogP contribution in [0.15, 0.2) is 4.99 Å². The molecule has 0 bridgehead atoms. The van der Waals surface area contributed by atoms with Crippen LogP contribution in [0.4, 0.5) is 0 Å². The molecule has 1 saturated carbocycles. The standard InChI is InChI=1S/C19H36N4O3/c1-15(13-26-17-9-10-25-14-17)22-19(21-12-18(24)23(2)3)20-11-16-7-5-4-6-8-16/h15-17H,4-14H2,1-3H3,(H2,20,21,22). The van der Waals surface area contributed by atoms with Crippen LogP contribution in [0.3, 0.4) is 0 Å². The van der Waals surface area contributed by atoms with E-state index in [2.05, 4.69) is 22.5 Å².